The highest BCUT2D eigenvalue weighted by atomic mass is 16.7. The van der Waals surface area contributed by atoms with E-state index in [4.69, 9.17) is 10.6 Å². The summed E-state index contributed by atoms with van der Waals surface area (Å²) in [5.41, 5.74) is 5.63. The van der Waals surface area contributed by atoms with Crippen molar-refractivity contribution >= 4 is 5.91 Å². The van der Waals surface area contributed by atoms with Crippen molar-refractivity contribution < 1.29 is 9.63 Å². The SMILES string of the molecule is CON(C)C(=O)C(N)C1CC1. The molecule has 0 aromatic carbocycles. The van der Waals surface area contributed by atoms with Crippen LogP contribution < -0.4 is 5.73 Å². The van der Waals surface area contributed by atoms with E-state index in [1.165, 1.54) is 12.2 Å². The molecular weight excluding hydrogens is 144 g/mol. The van der Waals surface area contributed by atoms with Crippen LogP contribution in [-0.4, -0.2) is 31.2 Å². The minimum absolute atomic E-state index is 0.130. The number of rotatable bonds is 3. The first-order chi connectivity index (χ1) is 5.16. The third-order valence-corrected chi connectivity index (χ3v) is 2.00. The molecule has 1 saturated carbocycles. The van der Waals surface area contributed by atoms with Gasteiger partial charge in [0, 0.05) is 7.05 Å². The molecule has 1 aliphatic rings. The van der Waals surface area contributed by atoms with Crippen molar-refractivity contribution in [1.82, 2.24) is 5.06 Å². The van der Waals surface area contributed by atoms with E-state index < -0.39 is 0 Å². The highest BCUT2D eigenvalue weighted by Crippen LogP contribution is 2.32. The zero-order valence-electron chi connectivity index (χ0n) is 6.91. The molecule has 0 radical (unpaired) electrons. The lowest BCUT2D eigenvalue weighted by Crippen LogP contribution is -2.42. The van der Waals surface area contributed by atoms with Gasteiger partial charge in [-0.15, -0.1) is 0 Å². The molecule has 0 aromatic heterocycles. The molecular formula is C7H14N2O2. The van der Waals surface area contributed by atoms with Gasteiger partial charge in [-0.1, -0.05) is 0 Å². The zero-order valence-corrected chi connectivity index (χ0v) is 6.91. The van der Waals surface area contributed by atoms with Crippen LogP contribution in [0.15, 0.2) is 0 Å². The van der Waals surface area contributed by atoms with Crippen LogP contribution in [0.4, 0.5) is 0 Å². The first kappa shape index (κ1) is 8.49. The number of amides is 1. The number of nitrogens with zero attached hydrogens (tertiary/aromatic N) is 1. The van der Waals surface area contributed by atoms with Crippen LogP contribution in [0.1, 0.15) is 12.8 Å². The van der Waals surface area contributed by atoms with Crippen molar-refractivity contribution in [2.45, 2.75) is 18.9 Å². The Morgan fingerprint density at radius 1 is 1.73 bits per heavy atom. The summed E-state index contributed by atoms with van der Waals surface area (Å²) in [6.45, 7) is 0. The van der Waals surface area contributed by atoms with Gasteiger partial charge in [-0.25, -0.2) is 5.06 Å². The van der Waals surface area contributed by atoms with E-state index in [2.05, 4.69) is 0 Å². The van der Waals surface area contributed by atoms with E-state index in [1.54, 1.807) is 7.05 Å². The van der Waals surface area contributed by atoms with E-state index in [1.807, 2.05) is 0 Å². The van der Waals surface area contributed by atoms with Gasteiger partial charge in [0.2, 0.25) is 0 Å². The van der Waals surface area contributed by atoms with E-state index in [-0.39, 0.29) is 11.9 Å². The monoisotopic (exact) mass is 158 g/mol. The van der Waals surface area contributed by atoms with Crippen LogP contribution >= 0.6 is 0 Å². The number of hydrogen-bond acceptors (Lipinski definition) is 3. The molecule has 1 aliphatic carbocycles. The second kappa shape index (κ2) is 3.19. The van der Waals surface area contributed by atoms with Crippen molar-refractivity contribution in [2.75, 3.05) is 14.2 Å². The Morgan fingerprint density at radius 2 is 2.27 bits per heavy atom. The minimum Gasteiger partial charge on any atom is -0.320 e. The Kier molecular flexibility index (Phi) is 2.46. The normalized spacial score (nSPS) is 19.5. The Labute approximate surface area is 66.3 Å². The van der Waals surface area contributed by atoms with Crippen LogP contribution in [0, 0.1) is 5.92 Å². The Morgan fingerprint density at radius 3 is 2.64 bits per heavy atom. The summed E-state index contributed by atoms with van der Waals surface area (Å²) in [7, 11) is 3.03. The number of hydrogen-bond donors (Lipinski definition) is 1. The van der Waals surface area contributed by atoms with Gasteiger partial charge in [-0.3, -0.25) is 9.63 Å². The van der Waals surface area contributed by atoms with Crippen LogP contribution in [0.25, 0.3) is 0 Å². The Hall–Kier alpha value is -0.610. The molecule has 1 atom stereocenters. The van der Waals surface area contributed by atoms with Crippen LogP contribution in [0.5, 0.6) is 0 Å². The van der Waals surface area contributed by atoms with E-state index in [0.717, 1.165) is 12.8 Å². The highest BCUT2D eigenvalue weighted by molar-refractivity contribution is 5.81. The summed E-state index contributed by atoms with van der Waals surface area (Å²) in [5.74, 6) is 0.259. The van der Waals surface area contributed by atoms with Crippen molar-refractivity contribution in [3.8, 4) is 0 Å². The second-order valence-electron chi connectivity index (χ2n) is 2.88. The first-order valence-electron chi connectivity index (χ1n) is 3.74. The molecule has 1 amide bonds. The molecule has 1 rings (SSSR count). The number of hydroxylamine groups is 2. The van der Waals surface area contributed by atoms with Gasteiger partial charge in [-0.05, 0) is 18.8 Å². The summed E-state index contributed by atoms with van der Waals surface area (Å²) in [5, 5.41) is 1.18. The Balaban J connectivity index is 2.38. The van der Waals surface area contributed by atoms with E-state index in [9.17, 15) is 4.79 Å². The van der Waals surface area contributed by atoms with Crippen molar-refractivity contribution in [3.05, 3.63) is 0 Å². The minimum atomic E-state index is -0.361. The molecule has 0 saturated heterocycles. The molecule has 2 N–H and O–H groups in total. The van der Waals surface area contributed by atoms with Crippen molar-refractivity contribution in [3.63, 3.8) is 0 Å². The van der Waals surface area contributed by atoms with Gasteiger partial charge in [0.1, 0.15) is 0 Å². The quantitative estimate of drug-likeness (QED) is 0.576. The molecule has 11 heavy (non-hydrogen) atoms. The van der Waals surface area contributed by atoms with Gasteiger partial charge < -0.3 is 5.73 Å². The van der Waals surface area contributed by atoms with Gasteiger partial charge in [0.25, 0.3) is 5.91 Å². The summed E-state index contributed by atoms with van der Waals surface area (Å²) >= 11 is 0. The fourth-order valence-corrected chi connectivity index (χ4v) is 0.957. The Bertz CT molecular complexity index is 157. The fraction of sp³-hybridized carbons (Fsp3) is 0.857. The maximum Gasteiger partial charge on any atom is 0.263 e. The highest BCUT2D eigenvalue weighted by Gasteiger charge is 2.34. The largest absolute Gasteiger partial charge is 0.320 e. The van der Waals surface area contributed by atoms with Crippen LogP contribution in [0.3, 0.4) is 0 Å². The lowest BCUT2D eigenvalue weighted by Gasteiger charge is -2.17. The molecule has 64 valence electrons. The third-order valence-electron chi connectivity index (χ3n) is 2.00. The summed E-state index contributed by atoms with van der Waals surface area (Å²) < 4.78 is 0. The molecule has 0 spiro atoms. The van der Waals surface area contributed by atoms with Gasteiger partial charge in [0.05, 0.1) is 13.2 Å². The maximum atomic E-state index is 11.2. The van der Waals surface area contributed by atoms with Gasteiger partial charge in [-0.2, -0.15) is 0 Å². The third kappa shape index (κ3) is 1.91. The average molecular weight is 158 g/mol. The maximum absolute atomic E-state index is 11.2. The fourth-order valence-electron chi connectivity index (χ4n) is 0.957. The number of carbonyl (C=O) groups is 1. The number of nitrogens with two attached hydrogens (primary N) is 1. The van der Waals surface area contributed by atoms with Crippen molar-refractivity contribution in [1.29, 1.82) is 0 Å². The summed E-state index contributed by atoms with van der Waals surface area (Å²) in [6, 6.07) is -0.361. The average Bonchev–Trinajstić information content (AvgIpc) is 2.82. The lowest BCUT2D eigenvalue weighted by atomic mass is 10.2. The number of likely N-dealkylation sites (N-methyl/N-ethyl adjacent to an activating group) is 1. The summed E-state index contributed by atoms with van der Waals surface area (Å²) in [4.78, 5) is 15.9. The molecule has 4 heteroatoms. The van der Waals surface area contributed by atoms with Crippen LogP contribution in [0.2, 0.25) is 0 Å². The van der Waals surface area contributed by atoms with Gasteiger partial charge >= 0.3 is 0 Å². The smallest absolute Gasteiger partial charge is 0.263 e. The van der Waals surface area contributed by atoms with Crippen LogP contribution in [-0.2, 0) is 9.63 Å². The molecule has 1 unspecified atom stereocenters. The standard InChI is InChI=1S/C7H14N2O2/c1-9(11-2)7(10)6(8)5-3-4-5/h5-6H,3-4,8H2,1-2H3. The summed E-state index contributed by atoms with van der Waals surface area (Å²) in [6.07, 6.45) is 2.15. The van der Waals surface area contributed by atoms with E-state index in [0.29, 0.717) is 5.92 Å². The lowest BCUT2D eigenvalue weighted by molar-refractivity contribution is -0.170. The molecule has 0 aliphatic heterocycles. The van der Waals surface area contributed by atoms with Gasteiger partial charge in [0.15, 0.2) is 0 Å². The zero-order chi connectivity index (χ0) is 8.43. The molecule has 0 aromatic rings. The van der Waals surface area contributed by atoms with Crippen molar-refractivity contribution in [2.24, 2.45) is 11.7 Å². The topological polar surface area (TPSA) is 55.6 Å². The molecule has 0 heterocycles. The number of carbonyl (C=O) groups excluding carboxylic acids is 1. The van der Waals surface area contributed by atoms with E-state index >= 15 is 0 Å². The molecule has 0 bridgehead atoms. The second-order valence-corrected chi connectivity index (χ2v) is 2.88. The predicted molar refractivity (Wildman–Crippen MR) is 40.5 cm³/mol. The first-order valence-corrected chi connectivity index (χ1v) is 3.74. The predicted octanol–water partition coefficient (Wildman–Crippen LogP) is -0.257. The molecule has 1 fully saturated rings. The molecule has 4 nitrogen and oxygen atoms in total.